The SMILES string of the molecule is Fc1ccccc1OCCSc1n[nH]c(/C=C/c2ccccc2)n1. The molecular formula is C18H16FN3OS. The quantitative estimate of drug-likeness (QED) is 0.515. The van der Waals surface area contributed by atoms with Crippen LogP contribution in [0.25, 0.3) is 12.2 Å². The van der Waals surface area contributed by atoms with Gasteiger partial charge in [0.1, 0.15) is 5.82 Å². The fraction of sp³-hybridized carbons (Fsp3) is 0.111. The van der Waals surface area contributed by atoms with Gasteiger partial charge in [-0.25, -0.2) is 9.37 Å². The van der Waals surface area contributed by atoms with Gasteiger partial charge in [-0.3, -0.25) is 5.10 Å². The number of benzene rings is 2. The number of ether oxygens (including phenoxy) is 1. The highest BCUT2D eigenvalue weighted by Crippen LogP contribution is 2.17. The molecule has 122 valence electrons. The van der Waals surface area contributed by atoms with Crippen molar-refractivity contribution in [3.8, 4) is 5.75 Å². The molecule has 1 N–H and O–H groups in total. The van der Waals surface area contributed by atoms with Crippen LogP contribution in [0.4, 0.5) is 4.39 Å². The van der Waals surface area contributed by atoms with Gasteiger partial charge in [0, 0.05) is 5.75 Å². The molecule has 24 heavy (non-hydrogen) atoms. The van der Waals surface area contributed by atoms with Crippen LogP contribution in [-0.2, 0) is 0 Å². The molecule has 0 radical (unpaired) electrons. The molecule has 0 fully saturated rings. The Morgan fingerprint density at radius 3 is 2.67 bits per heavy atom. The molecule has 0 aliphatic heterocycles. The Hall–Kier alpha value is -2.60. The third-order valence-corrected chi connectivity index (χ3v) is 3.94. The summed E-state index contributed by atoms with van der Waals surface area (Å²) in [5.41, 5.74) is 1.10. The van der Waals surface area contributed by atoms with E-state index in [-0.39, 0.29) is 11.6 Å². The zero-order valence-electron chi connectivity index (χ0n) is 12.9. The van der Waals surface area contributed by atoms with Crippen molar-refractivity contribution in [2.24, 2.45) is 0 Å². The maximum Gasteiger partial charge on any atom is 0.208 e. The third kappa shape index (κ3) is 4.70. The minimum atomic E-state index is -0.353. The second-order valence-electron chi connectivity index (χ2n) is 4.87. The normalized spacial score (nSPS) is 11.0. The molecule has 3 aromatic rings. The van der Waals surface area contributed by atoms with Crippen molar-refractivity contribution in [3.63, 3.8) is 0 Å². The predicted octanol–water partition coefficient (Wildman–Crippen LogP) is 4.29. The maximum atomic E-state index is 13.4. The van der Waals surface area contributed by atoms with E-state index < -0.39 is 0 Å². The number of para-hydroxylation sites is 1. The number of nitrogens with one attached hydrogen (secondary N) is 1. The third-order valence-electron chi connectivity index (χ3n) is 3.12. The van der Waals surface area contributed by atoms with Gasteiger partial charge in [-0.1, -0.05) is 60.3 Å². The summed E-state index contributed by atoms with van der Waals surface area (Å²) in [5, 5.41) is 7.65. The summed E-state index contributed by atoms with van der Waals surface area (Å²) in [4.78, 5) is 4.37. The number of thioether (sulfide) groups is 1. The molecule has 0 bridgehead atoms. The Labute approximate surface area is 143 Å². The largest absolute Gasteiger partial charge is 0.490 e. The second kappa shape index (κ2) is 8.31. The summed E-state index contributed by atoms with van der Waals surface area (Å²) in [6.45, 7) is 0.384. The molecule has 1 aromatic heterocycles. The molecular weight excluding hydrogens is 325 g/mol. The molecule has 4 nitrogen and oxygen atoms in total. The monoisotopic (exact) mass is 341 g/mol. The minimum Gasteiger partial charge on any atom is -0.490 e. The molecule has 0 spiro atoms. The Balaban J connectivity index is 1.46. The number of hydrogen-bond donors (Lipinski definition) is 1. The van der Waals surface area contributed by atoms with Crippen LogP contribution in [0.2, 0.25) is 0 Å². The van der Waals surface area contributed by atoms with Crippen molar-refractivity contribution in [3.05, 3.63) is 71.8 Å². The van der Waals surface area contributed by atoms with Crippen LogP contribution in [0, 0.1) is 5.82 Å². The number of aromatic nitrogens is 3. The lowest BCUT2D eigenvalue weighted by molar-refractivity contribution is 0.325. The van der Waals surface area contributed by atoms with Crippen LogP contribution in [-0.4, -0.2) is 27.5 Å². The Morgan fingerprint density at radius 1 is 1.04 bits per heavy atom. The Morgan fingerprint density at radius 2 is 1.83 bits per heavy atom. The first-order chi connectivity index (χ1) is 11.8. The molecule has 0 saturated heterocycles. The van der Waals surface area contributed by atoms with E-state index >= 15 is 0 Å². The average molecular weight is 341 g/mol. The van der Waals surface area contributed by atoms with Crippen LogP contribution in [0.3, 0.4) is 0 Å². The highest BCUT2D eigenvalue weighted by atomic mass is 32.2. The van der Waals surface area contributed by atoms with Crippen LogP contribution in [0.1, 0.15) is 11.4 Å². The van der Waals surface area contributed by atoms with Crippen LogP contribution < -0.4 is 4.74 Å². The first kappa shape index (κ1) is 16.3. The van der Waals surface area contributed by atoms with Crippen LogP contribution in [0.5, 0.6) is 5.75 Å². The van der Waals surface area contributed by atoms with E-state index in [1.165, 1.54) is 17.8 Å². The van der Waals surface area contributed by atoms with E-state index in [1.807, 2.05) is 42.5 Å². The van der Waals surface area contributed by atoms with Gasteiger partial charge in [0.05, 0.1) is 6.61 Å². The summed E-state index contributed by atoms with van der Waals surface area (Å²) in [5.74, 6) is 1.23. The van der Waals surface area contributed by atoms with Gasteiger partial charge in [-0.2, -0.15) is 0 Å². The Bertz CT molecular complexity index is 805. The van der Waals surface area contributed by atoms with Crippen molar-refractivity contribution in [2.45, 2.75) is 5.16 Å². The summed E-state index contributed by atoms with van der Waals surface area (Å²) in [7, 11) is 0. The number of halogens is 1. The van der Waals surface area contributed by atoms with E-state index in [2.05, 4.69) is 15.2 Å². The van der Waals surface area contributed by atoms with Gasteiger partial charge < -0.3 is 4.74 Å². The van der Waals surface area contributed by atoms with Crippen LogP contribution >= 0.6 is 11.8 Å². The number of aromatic amines is 1. The topological polar surface area (TPSA) is 50.8 Å². The first-order valence-corrected chi connectivity index (χ1v) is 8.45. The van der Waals surface area contributed by atoms with E-state index in [9.17, 15) is 4.39 Å². The summed E-state index contributed by atoms with van der Waals surface area (Å²) in [6.07, 6.45) is 3.85. The molecule has 2 aromatic carbocycles. The lowest BCUT2D eigenvalue weighted by atomic mass is 10.2. The summed E-state index contributed by atoms with van der Waals surface area (Å²) in [6, 6.07) is 16.3. The maximum absolute atomic E-state index is 13.4. The molecule has 0 atom stereocenters. The number of H-pyrrole nitrogens is 1. The van der Waals surface area contributed by atoms with Crippen LogP contribution in [0.15, 0.2) is 59.8 Å². The lowest BCUT2D eigenvalue weighted by Gasteiger charge is -2.05. The van der Waals surface area contributed by atoms with Gasteiger partial charge in [0.15, 0.2) is 11.6 Å². The number of hydrogen-bond acceptors (Lipinski definition) is 4. The predicted molar refractivity (Wildman–Crippen MR) is 94.4 cm³/mol. The van der Waals surface area contributed by atoms with Gasteiger partial charge in [0.25, 0.3) is 0 Å². The van der Waals surface area contributed by atoms with E-state index in [0.717, 1.165) is 5.56 Å². The highest BCUT2D eigenvalue weighted by molar-refractivity contribution is 7.99. The lowest BCUT2D eigenvalue weighted by Crippen LogP contribution is -2.01. The average Bonchev–Trinajstić information content (AvgIpc) is 3.07. The summed E-state index contributed by atoms with van der Waals surface area (Å²) < 4.78 is 18.8. The molecule has 1 heterocycles. The zero-order chi connectivity index (χ0) is 16.6. The Kier molecular flexibility index (Phi) is 5.63. The summed E-state index contributed by atoms with van der Waals surface area (Å²) >= 11 is 1.45. The molecule has 0 unspecified atom stereocenters. The molecule has 0 aliphatic rings. The first-order valence-electron chi connectivity index (χ1n) is 7.47. The molecule has 6 heteroatoms. The van der Waals surface area contributed by atoms with E-state index in [1.54, 1.807) is 18.2 Å². The highest BCUT2D eigenvalue weighted by Gasteiger charge is 2.04. The van der Waals surface area contributed by atoms with E-state index in [0.29, 0.717) is 23.3 Å². The molecule has 0 amide bonds. The smallest absolute Gasteiger partial charge is 0.208 e. The van der Waals surface area contributed by atoms with Gasteiger partial charge in [0.2, 0.25) is 5.16 Å². The molecule has 0 aliphatic carbocycles. The molecule has 3 rings (SSSR count). The zero-order valence-corrected chi connectivity index (χ0v) is 13.7. The second-order valence-corrected chi connectivity index (χ2v) is 5.94. The van der Waals surface area contributed by atoms with Gasteiger partial charge in [-0.15, -0.1) is 5.10 Å². The van der Waals surface area contributed by atoms with E-state index in [4.69, 9.17) is 4.74 Å². The number of rotatable bonds is 7. The fourth-order valence-corrected chi connectivity index (χ4v) is 2.61. The standard InChI is InChI=1S/C18H16FN3OS/c19-15-8-4-5-9-16(15)23-12-13-24-18-20-17(21-22-18)11-10-14-6-2-1-3-7-14/h1-11H,12-13H2,(H,20,21,22)/b11-10+. The van der Waals surface area contributed by atoms with Crippen molar-refractivity contribution in [2.75, 3.05) is 12.4 Å². The number of nitrogens with zero attached hydrogens (tertiary/aromatic N) is 2. The van der Waals surface area contributed by atoms with Crippen molar-refractivity contribution >= 4 is 23.9 Å². The minimum absolute atomic E-state index is 0.263. The van der Waals surface area contributed by atoms with Gasteiger partial charge in [-0.05, 0) is 23.8 Å². The van der Waals surface area contributed by atoms with Gasteiger partial charge >= 0.3 is 0 Å². The van der Waals surface area contributed by atoms with Crippen molar-refractivity contribution < 1.29 is 9.13 Å². The van der Waals surface area contributed by atoms with Crippen molar-refractivity contribution in [1.82, 2.24) is 15.2 Å². The van der Waals surface area contributed by atoms with Crippen molar-refractivity contribution in [1.29, 1.82) is 0 Å². The molecule has 0 saturated carbocycles. The fourth-order valence-electron chi connectivity index (χ4n) is 1.98.